The van der Waals surface area contributed by atoms with Crippen LogP contribution in [0.4, 0.5) is 4.39 Å². The van der Waals surface area contributed by atoms with Gasteiger partial charge in [-0.3, -0.25) is 9.59 Å². The van der Waals surface area contributed by atoms with Gasteiger partial charge in [0.05, 0.1) is 29.5 Å². The number of fused-ring (bicyclic) bond motifs is 1. The molecule has 0 aliphatic heterocycles. The summed E-state index contributed by atoms with van der Waals surface area (Å²) in [7, 11) is 0. The molecular formula is C27H22FN3O2. The van der Waals surface area contributed by atoms with Gasteiger partial charge in [0.1, 0.15) is 5.82 Å². The van der Waals surface area contributed by atoms with Gasteiger partial charge in [-0.15, -0.1) is 0 Å². The molecule has 1 amide bonds. The van der Waals surface area contributed by atoms with Crippen molar-refractivity contribution in [2.24, 2.45) is 0 Å². The number of ketones is 1. The molecule has 0 saturated heterocycles. The van der Waals surface area contributed by atoms with E-state index in [0.29, 0.717) is 5.56 Å². The molecule has 4 aromatic rings. The third-order valence-corrected chi connectivity index (χ3v) is 6.09. The van der Waals surface area contributed by atoms with E-state index in [9.17, 15) is 14.0 Å². The number of aryl methyl sites for hydroxylation is 1. The minimum Gasteiger partial charge on any atom is -0.341 e. The summed E-state index contributed by atoms with van der Waals surface area (Å²) < 4.78 is 15.5. The highest BCUT2D eigenvalue weighted by Crippen LogP contribution is 2.38. The normalized spacial score (nSPS) is 17.5. The fourth-order valence-corrected chi connectivity index (χ4v) is 4.58. The second kappa shape index (κ2) is 8.47. The van der Waals surface area contributed by atoms with Crippen molar-refractivity contribution in [3.8, 4) is 5.69 Å². The molecule has 3 aromatic carbocycles. The van der Waals surface area contributed by atoms with Crippen LogP contribution in [0.1, 0.15) is 38.8 Å². The monoisotopic (exact) mass is 439 g/mol. The van der Waals surface area contributed by atoms with Crippen LogP contribution in [-0.4, -0.2) is 27.5 Å². The van der Waals surface area contributed by atoms with Gasteiger partial charge >= 0.3 is 0 Å². The zero-order chi connectivity index (χ0) is 22.9. The first-order valence-corrected chi connectivity index (χ1v) is 10.8. The predicted molar refractivity (Wildman–Crippen MR) is 123 cm³/mol. The van der Waals surface area contributed by atoms with Crippen molar-refractivity contribution in [2.45, 2.75) is 25.3 Å². The molecule has 1 aliphatic rings. The van der Waals surface area contributed by atoms with Gasteiger partial charge in [-0.2, -0.15) is 5.10 Å². The molecule has 1 heterocycles. The molecule has 164 valence electrons. The zero-order valence-electron chi connectivity index (χ0n) is 18.0. The number of para-hydroxylation sites is 1. The number of aromatic nitrogens is 2. The van der Waals surface area contributed by atoms with E-state index in [4.69, 9.17) is 5.10 Å². The number of halogens is 1. The lowest BCUT2D eigenvalue weighted by Crippen LogP contribution is -2.48. The average molecular weight is 439 g/mol. The number of rotatable bonds is 4. The van der Waals surface area contributed by atoms with Gasteiger partial charge in [0.2, 0.25) is 0 Å². The molecule has 1 N–H and O–H groups in total. The van der Waals surface area contributed by atoms with Gasteiger partial charge in [0.15, 0.2) is 5.78 Å². The summed E-state index contributed by atoms with van der Waals surface area (Å²) in [6.45, 7) is 1.90. The maximum absolute atomic E-state index is 13.7. The molecular weight excluding hydrogens is 417 g/mol. The van der Waals surface area contributed by atoms with E-state index < -0.39 is 12.0 Å². The van der Waals surface area contributed by atoms with Crippen molar-refractivity contribution in [3.63, 3.8) is 0 Å². The lowest BCUT2D eigenvalue weighted by molar-refractivity contribution is -0.121. The third-order valence-electron chi connectivity index (χ3n) is 6.09. The molecule has 6 heteroatoms. The van der Waals surface area contributed by atoms with Crippen molar-refractivity contribution in [2.75, 3.05) is 0 Å². The van der Waals surface area contributed by atoms with Gasteiger partial charge in [-0.25, -0.2) is 9.07 Å². The molecule has 33 heavy (non-hydrogen) atoms. The highest BCUT2D eigenvalue weighted by atomic mass is 19.1. The smallest absolute Gasteiger partial charge is 0.251 e. The van der Waals surface area contributed by atoms with Crippen LogP contribution < -0.4 is 5.32 Å². The number of hydrogen-bond donors (Lipinski definition) is 1. The van der Waals surface area contributed by atoms with Gasteiger partial charge in [-0.1, -0.05) is 48.5 Å². The van der Waals surface area contributed by atoms with Crippen molar-refractivity contribution in [3.05, 3.63) is 119 Å². The lowest BCUT2D eigenvalue weighted by Gasteiger charge is -2.32. The van der Waals surface area contributed by atoms with E-state index in [1.54, 1.807) is 41.1 Å². The topological polar surface area (TPSA) is 64.0 Å². The highest BCUT2D eigenvalue weighted by Gasteiger charge is 2.41. The summed E-state index contributed by atoms with van der Waals surface area (Å²) in [5.74, 6) is -1.27. The number of Topliss-reactive ketones (excluding diaryl/α,β-unsaturated/α-hetero) is 1. The Balaban J connectivity index is 1.63. The Morgan fingerprint density at radius 3 is 2.27 bits per heavy atom. The van der Waals surface area contributed by atoms with Crippen molar-refractivity contribution >= 4 is 11.7 Å². The van der Waals surface area contributed by atoms with Gasteiger partial charge in [0, 0.05) is 17.0 Å². The largest absolute Gasteiger partial charge is 0.341 e. The highest BCUT2D eigenvalue weighted by molar-refractivity contribution is 5.99. The average Bonchev–Trinajstić information content (AvgIpc) is 3.17. The Morgan fingerprint density at radius 1 is 0.970 bits per heavy atom. The zero-order valence-corrected chi connectivity index (χ0v) is 18.0. The van der Waals surface area contributed by atoms with E-state index in [1.165, 1.54) is 12.1 Å². The number of carbonyl (C=O) groups excluding carboxylic acids is 2. The molecule has 2 atom stereocenters. The van der Waals surface area contributed by atoms with Crippen molar-refractivity contribution in [1.82, 2.24) is 15.1 Å². The minimum absolute atomic E-state index is 0.113. The van der Waals surface area contributed by atoms with Crippen LogP contribution in [0.3, 0.4) is 0 Å². The Bertz CT molecular complexity index is 1320. The fourth-order valence-electron chi connectivity index (χ4n) is 4.58. The third kappa shape index (κ3) is 3.84. The predicted octanol–water partition coefficient (Wildman–Crippen LogP) is 4.38. The molecule has 0 radical (unpaired) electrons. The second-order valence-electron chi connectivity index (χ2n) is 8.18. The Morgan fingerprint density at radius 2 is 1.61 bits per heavy atom. The van der Waals surface area contributed by atoms with Crippen LogP contribution in [-0.2, 0) is 11.2 Å². The number of benzene rings is 3. The van der Waals surface area contributed by atoms with Crippen molar-refractivity contribution < 1.29 is 14.0 Å². The Kier molecular flexibility index (Phi) is 5.34. The summed E-state index contributed by atoms with van der Waals surface area (Å²) in [6, 6.07) is 23.7. The van der Waals surface area contributed by atoms with Crippen LogP contribution in [0.2, 0.25) is 0 Å². The quantitative estimate of drug-likeness (QED) is 0.513. The molecule has 1 aromatic heterocycles. The lowest BCUT2D eigenvalue weighted by atomic mass is 9.76. The van der Waals surface area contributed by atoms with Crippen molar-refractivity contribution in [1.29, 1.82) is 0 Å². The summed E-state index contributed by atoms with van der Waals surface area (Å²) in [5, 5.41) is 7.69. The summed E-state index contributed by atoms with van der Waals surface area (Å²) >= 11 is 0. The molecule has 0 fully saturated rings. The van der Waals surface area contributed by atoms with Gasteiger partial charge < -0.3 is 5.32 Å². The first-order valence-electron chi connectivity index (χ1n) is 10.8. The Hall–Kier alpha value is -4.06. The molecule has 0 saturated carbocycles. The van der Waals surface area contributed by atoms with Crippen LogP contribution in [0.15, 0.2) is 84.9 Å². The van der Waals surface area contributed by atoms with Crippen LogP contribution >= 0.6 is 0 Å². The van der Waals surface area contributed by atoms with E-state index in [2.05, 4.69) is 5.32 Å². The van der Waals surface area contributed by atoms with E-state index in [0.717, 1.165) is 28.2 Å². The van der Waals surface area contributed by atoms with Crippen LogP contribution in [0.5, 0.6) is 0 Å². The molecule has 0 unspecified atom stereocenters. The second-order valence-corrected chi connectivity index (χ2v) is 8.18. The van der Waals surface area contributed by atoms with Gasteiger partial charge in [0.25, 0.3) is 5.91 Å². The minimum atomic E-state index is -0.789. The standard InChI is InChI=1S/C27H22FN3O2/c1-17-24-22(31(30-17)21-10-6-3-7-11-21)16-23(32)26(25(24)18-12-14-20(28)15-13-18)29-27(33)19-8-4-2-5-9-19/h2-15,25-26H,16H2,1H3,(H,29,33)/t25-,26+/m0/s1. The first-order chi connectivity index (χ1) is 16.0. The first kappa shape index (κ1) is 20.8. The summed E-state index contributed by atoms with van der Waals surface area (Å²) in [4.78, 5) is 26.4. The van der Waals surface area contributed by atoms with E-state index in [-0.39, 0.29) is 23.9 Å². The number of nitrogens with zero attached hydrogens (tertiary/aromatic N) is 2. The number of carbonyl (C=O) groups is 2. The molecule has 0 bridgehead atoms. The number of amides is 1. The van der Waals surface area contributed by atoms with Gasteiger partial charge in [-0.05, 0) is 48.9 Å². The summed E-state index contributed by atoms with van der Waals surface area (Å²) in [6.07, 6.45) is 0.141. The Labute approximate surface area is 190 Å². The maximum Gasteiger partial charge on any atom is 0.251 e. The maximum atomic E-state index is 13.7. The fraction of sp³-hybridized carbons (Fsp3) is 0.148. The summed E-state index contributed by atoms with van der Waals surface area (Å²) in [5.41, 5.74) is 4.55. The molecule has 5 nitrogen and oxygen atoms in total. The van der Waals surface area contributed by atoms with Crippen LogP contribution in [0.25, 0.3) is 5.69 Å². The molecule has 0 spiro atoms. The van der Waals surface area contributed by atoms with E-state index >= 15 is 0 Å². The SMILES string of the molecule is Cc1nn(-c2ccccc2)c2c1[C@H](c1ccc(F)cc1)[C@H](NC(=O)c1ccccc1)C(=O)C2. The number of nitrogens with one attached hydrogen (secondary N) is 1. The molecule has 5 rings (SSSR count). The number of hydrogen-bond acceptors (Lipinski definition) is 3. The van der Waals surface area contributed by atoms with Crippen LogP contribution in [0, 0.1) is 12.7 Å². The molecule has 1 aliphatic carbocycles. The van der Waals surface area contributed by atoms with E-state index in [1.807, 2.05) is 43.3 Å².